The summed E-state index contributed by atoms with van der Waals surface area (Å²) in [6, 6.07) is 10.9. The van der Waals surface area contributed by atoms with Crippen LogP contribution in [-0.2, 0) is 9.47 Å². The van der Waals surface area contributed by atoms with Crippen LogP contribution in [0.25, 0.3) is 11.1 Å². The number of halogens is 1. The Kier molecular flexibility index (Phi) is 1.43. The highest BCUT2D eigenvalue weighted by atomic mass is 79.9. The summed E-state index contributed by atoms with van der Waals surface area (Å²) in [5, 5.41) is 0. The normalized spacial score (nSPS) is 34.2. The zero-order chi connectivity index (χ0) is 12.3. The Labute approximate surface area is 118 Å². The highest BCUT2D eigenvalue weighted by Gasteiger charge is 2.56. The number of ether oxygens (including phenoxy) is 2. The fourth-order valence-corrected chi connectivity index (χ4v) is 4.47. The summed E-state index contributed by atoms with van der Waals surface area (Å²) in [5.74, 6) is 0. The van der Waals surface area contributed by atoms with E-state index in [2.05, 4.69) is 46.3 Å². The van der Waals surface area contributed by atoms with Gasteiger partial charge in [0.25, 0.3) is 0 Å². The van der Waals surface area contributed by atoms with Crippen LogP contribution in [0.2, 0.25) is 0 Å². The van der Waals surface area contributed by atoms with Gasteiger partial charge in [-0.25, -0.2) is 0 Å². The molecule has 2 aromatic rings. The average molecular weight is 313 g/mol. The number of fused-ring (bicyclic) bond motifs is 6. The van der Waals surface area contributed by atoms with Crippen molar-refractivity contribution in [2.24, 2.45) is 0 Å². The number of epoxide rings is 2. The Morgan fingerprint density at radius 2 is 1.37 bits per heavy atom. The van der Waals surface area contributed by atoms with Crippen LogP contribution < -0.4 is 0 Å². The first-order valence-electron chi connectivity index (χ1n) is 6.61. The summed E-state index contributed by atoms with van der Waals surface area (Å²) >= 11 is 3.70. The van der Waals surface area contributed by atoms with Gasteiger partial charge in [-0.05, 0) is 33.9 Å². The van der Waals surface area contributed by atoms with Crippen LogP contribution in [0, 0.1) is 0 Å². The molecule has 4 aliphatic rings. The molecule has 0 N–H and O–H groups in total. The molecule has 2 heterocycles. The Hall–Kier alpha value is -1.16. The van der Waals surface area contributed by atoms with Crippen molar-refractivity contribution in [2.75, 3.05) is 0 Å². The third-order valence-electron chi connectivity index (χ3n) is 4.79. The molecule has 19 heavy (non-hydrogen) atoms. The molecular formula is C16H9BrO2. The van der Waals surface area contributed by atoms with Gasteiger partial charge in [-0.2, -0.15) is 0 Å². The van der Waals surface area contributed by atoms with Crippen molar-refractivity contribution in [1.82, 2.24) is 0 Å². The monoisotopic (exact) mass is 312 g/mol. The van der Waals surface area contributed by atoms with E-state index in [4.69, 9.17) is 9.47 Å². The van der Waals surface area contributed by atoms with Crippen molar-refractivity contribution in [3.63, 3.8) is 0 Å². The molecule has 0 saturated carbocycles. The van der Waals surface area contributed by atoms with Crippen molar-refractivity contribution in [2.45, 2.75) is 24.4 Å². The zero-order valence-electron chi connectivity index (χ0n) is 9.89. The summed E-state index contributed by atoms with van der Waals surface area (Å²) in [5.41, 5.74) is 8.13. The van der Waals surface area contributed by atoms with Crippen LogP contribution in [0.15, 0.2) is 34.8 Å². The summed E-state index contributed by atoms with van der Waals surface area (Å²) in [4.78, 5) is 0. The standard InChI is InChI=1S/C16H9BrO2/c17-9-5-4-8-11-10-6(13-14(8)18-13)2-1-3-7(10)15-16(19-15)12(9)11/h1-5,13-16H/t13-,14+,15-,16+/m1/s1. The van der Waals surface area contributed by atoms with Crippen LogP contribution in [0.1, 0.15) is 46.7 Å². The maximum atomic E-state index is 5.93. The van der Waals surface area contributed by atoms with Gasteiger partial charge < -0.3 is 9.47 Å². The highest BCUT2D eigenvalue weighted by Crippen LogP contribution is 2.69. The minimum Gasteiger partial charge on any atom is -0.359 e. The molecule has 2 nitrogen and oxygen atoms in total. The molecule has 2 aromatic carbocycles. The second-order valence-electron chi connectivity index (χ2n) is 5.69. The van der Waals surface area contributed by atoms with Gasteiger partial charge in [-0.3, -0.25) is 0 Å². The van der Waals surface area contributed by atoms with Crippen molar-refractivity contribution in [3.8, 4) is 11.1 Å². The van der Waals surface area contributed by atoms with Crippen molar-refractivity contribution in [3.05, 3.63) is 57.1 Å². The number of hydrogen-bond acceptors (Lipinski definition) is 2. The van der Waals surface area contributed by atoms with Crippen molar-refractivity contribution >= 4 is 15.9 Å². The first-order chi connectivity index (χ1) is 9.34. The van der Waals surface area contributed by atoms with Gasteiger partial charge in [-0.15, -0.1) is 0 Å². The molecule has 0 radical (unpaired) electrons. The molecule has 2 aliphatic heterocycles. The van der Waals surface area contributed by atoms with Gasteiger partial charge in [0, 0.05) is 10.0 Å². The Morgan fingerprint density at radius 1 is 0.737 bits per heavy atom. The van der Waals surface area contributed by atoms with E-state index in [0.717, 1.165) is 0 Å². The lowest BCUT2D eigenvalue weighted by atomic mass is 9.76. The topological polar surface area (TPSA) is 25.1 Å². The lowest BCUT2D eigenvalue weighted by molar-refractivity contribution is 0.376. The first kappa shape index (κ1) is 9.70. The fraction of sp³-hybridized carbons (Fsp3) is 0.250. The quantitative estimate of drug-likeness (QED) is 0.675. The lowest BCUT2D eigenvalue weighted by Crippen LogP contribution is -2.09. The summed E-state index contributed by atoms with van der Waals surface area (Å²) < 4.78 is 13.0. The van der Waals surface area contributed by atoms with E-state index in [-0.39, 0.29) is 24.4 Å². The highest BCUT2D eigenvalue weighted by molar-refractivity contribution is 9.10. The zero-order valence-corrected chi connectivity index (χ0v) is 11.5. The molecule has 3 heteroatoms. The van der Waals surface area contributed by atoms with Gasteiger partial charge in [-0.1, -0.05) is 40.2 Å². The lowest BCUT2D eigenvalue weighted by Gasteiger charge is -2.25. The van der Waals surface area contributed by atoms with E-state index in [1.54, 1.807) is 0 Å². The van der Waals surface area contributed by atoms with Gasteiger partial charge in [0.15, 0.2) is 0 Å². The summed E-state index contributed by atoms with van der Waals surface area (Å²) in [6.45, 7) is 0. The molecule has 4 atom stereocenters. The Balaban J connectivity index is 1.86. The largest absolute Gasteiger partial charge is 0.359 e. The molecule has 2 saturated heterocycles. The van der Waals surface area contributed by atoms with Gasteiger partial charge >= 0.3 is 0 Å². The minimum absolute atomic E-state index is 0.238. The van der Waals surface area contributed by atoms with Crippen LogP contribution in [-0.4, -0.2) is 0 Å². The van der Waals surface area contributed by atoms with Crippen LogP contribution in [0.3, 0.4) is 0 Å². The van der Waals surface area contributed by atoms with Crippen molar-refractivity contribution in [1.29, 1.82) is 0 Å². The smallest absolute Gasteiger partial charge is 0.116 e. The van der Waals surface area contributed by atoms with Crippen molar-refractivity contribution < 1.29 is 9.47 Å². The van der Waals surface area contributed by atoms with E-state index >= 15 is 0 Å². The van der Waals surface area contributed by atoms with Gasteiger partial charge in [0.2, 0.25) is 0 Å². The van der Waals surface area contributed by atoms with E-state index in [1.165, 1.54) is 37.9 Å². The van der Waals surface area contributed by atoms with Gasteiger partial charge in [0.05, 0.1) is 0 Å². The van der Waals surface area contributed by atoms with E-state index in [1.807, 2.05) is 0 Å². The molecule has 2 aliphatic carbocycles. The summed E-state index contributed by atoms with van der Waals surface area (Å²) in [7, 11) is 0. The molecule has 2 fully saturated rings. The first-order valence-corrected chi connectivity index (χ1v) is 7.40. The molecular weight excluding hydrogens is 304 g/mol. The SMILES string of the molecule is Brc1ccc2c3c1[C@@H]1O[C@@H]1c1cccc(c1-3)[C@H]1O[C@@H]21. The molecule has 0 unspecified atom stereocenters. The molecule has 0 bridgehead atoms. The fourth-order valence-electron chi connectivity index (χ4n) is 3.91. The third kappa shape index (κ3) is 0.970. The van der Waals surface area contributed by atoms with Crippen LogP contribution in [0.4, 0.5) is 0 Å². The average Bonchev–Trinajstić information content (AvgIpc) is 3.31. The number of rotatable bonds is 0. The van der Waals surface area contributed by atoms with Gasteiger partial charge in [0.1, 0.15) is 24.4 Å². The third-order valence-corrected chi connectivity index (χ3v) is 5.48. The Morgan fingerprint density at radius 3 is 2.16 bits per heavy atom. The second kappa shape index (κ2) is 2.80. The Bertz CT molecular complexity index is 768. The predicted octanol–water partition coefficient (Wildman–Crippen LogP) is 4.37. The summed E-state index contributed by atoms with van der Waals surface area (Å²) in [6.07, 6.45) is 1.03. The molecule has 6 rings (SSSR count). The number of hydrogen-bond donors (Lipinski definition) is 0. The maximum Gasteiger partial charge on any atom is 0.116 e. The molecule has 0 aromatic heterocycles. The van der Waals surface area contributed by atoms with E-state index < -0.39 is 0 Å². The maximum absolute atomic E-state index is 5.93. The number of benzene rings is 2. The van der Waals surface area contributed by atoms with E-state index in [9.17, 15) is 0 Å². The van der Waals surface area contributed by atoms with Crippen LogP contribution in [0.5, 0.6) is 0 Å². The van der Waals surface area contributed by atoms with Crippen LogP contribution >= 0.6 is 15.9 Å². The molecule has 0 spiro atoms. The minimum atomic E-state index is 0.238. The molecule has 0 amide bonds. The molecule has 92 valence electrons. The second-order valence-corrected chi connectivity index (χ2v) is 6.55. The van der Waals surface area contributed by atoms with E-state index in [0.29, 0.717) is 0 Å². The predicted molar refractivity (Wildman–Crippen MR) is 72.7 cm³/mol.